The second-order valence-corrected chi connectivity index (χ2v) is 7.60. The summed E-state index contributed by atoms with van der Waals surface area (Å²) in [6.07, 6.45) is 1.46. The Morgan fingerprint density at radius 3 is 2.55 bits per heavy atom. The molecule has 0 aliphatic heterocycles. The first-order valence-corrected chi connectivity index (χ1v) is 10.3. The predicted octanol–water partition coefficient (Wildman–Crippen LogP) is 4.34. The molecule has 2 aromatic carbocycles. The Kier molecular flexibility index (Phi) is 8.66. The van der Waals surface area contributed by atoms with E-state index in [0.717, 1.165) is 4.47 Å². The fraction of sp³-hybridized carbons (Fsp3) is 0.250. The highest BCUT2D eigenvalue weighted by molar-refractivity contribution is 9.11. The lowest BCUT2D eigenvalue weighted by atomic mass is 10.1. The van der Waals surface area contributed by atoms with Crippen LogP contribution in [0.5, 0.6) is 11.5 Å². The van der Waals surface area contributed by atoms with Crippen LogP contribution in [0.2, 0.25) is 0 Å². The molecule has 2 rings (SSSR count). The van der Waals surface area contributed by atoms with Gasteiger partial charge in [0.25, 0.3) is 5.91 Å². The molecular weight excluding hydrogens is 506 g/mol. The zero-order chi connectivity index (χ0) is 21.4. The van der Waals surface area contributed by atoms with Gasteiger partial charge in [-0.25, -0.2) is 5.43 Å². The maximum atomic E-state index is 12.3. The molecule has 0 bridgehead atoms. The van der Waals surface area contributed by atoms with E-state index in [0.29, 0.717) is 33.8 Å². The Bertz CT molecular complexity index is 919. The van der Waals surface area contributed by atoms with Gasteiger partial charge < -0.3 is 14.8 Å². The van der Waals surface area contributed by atoms with Crippen molar-refractivity contribution in [2.75, 3.05) is 19.0 Å². The van der Waals surface area contributed by atoms with E-state index in [4.69, 9.17) is 9.47 Å². The van der Waals surface area contributed by atoms with Crippen LogP contribution in [0.3, 0.4) is 0 Å². The number of hydrogen-bond donors (Lipinski definition) is 2. The Labute approximate surface area is 186 Å². The van der Waals surface area contributed by atoms with E-state index < -0.39 is 17.7 Å². The number of hydrazone groups is 1. The average molecular weight is 527 g/mol. The van der Waals surface area contributed by atoms with Crippen LogP contribution in [0.4, 0.5) is 5.69 Å². The maximum absolute atomic E-state index is 12.3. The van der Waals surface area contributed by atoms with E-state index >= 15 is 0 Å². The van der Waals surface area contributed by atoms with E-state index in [1.54, 1.807) is 37.4 Å². The summed E-state index contributed by atoms with van der Waals surface area (Å²) in [5.41, 5.74) is 3.65. The topological polar surface area (TPSA) is 89.0 Å². The second-order valence-electron chi connectivity index (χ2n) is 5.89. The Morgan fingerprint density at radius 2 is 1.90 bits per heavy atom. The third kappa shape index (κ3) is 6.30. The van der Waals surface area contributed by atoms with Crippen molar-refractivity contribution in [2.24, 2.45) is 11.0 Å². The normalized spacial score (nSPS) is 11.8. The molecule has 7 nitrogen and oxygen atoms in total. The van der Waals surface area contributed by atoms with Crippen molar-refractivity contribution in [1.29, 1.82) is 0 Å². The molecule has 2 amide bonds. The van der Waals surface area contributed by atoms with Gasteiger partial charge >= 0.3 is 0 Å². The minimum atomic E-state index is -0.930. The summed E-state index contributed by atoms with van der Waals surface area (Å²) in [5.74, 6) is -0.762. The quantitative estimate of drug-likeness (QED) is 0.304. The standard InChI is InChI=1S/C20H21Br2N3O4/c1-4-29-18-15(22)9-13(10-17(18)28-3)11-23-25-20(27)12(2)19(26)24-16-8-6-5-7-14(16)21/h5-12H,4H2,1-3H3,(H,24,26)(H,25,27). The molecular formula is C20H21Br2N3O4. The lowest BCUT2D eigenvalue weighted by Gasteiger charge is -2.12. The number of methoxy groups -OCH3 is 1. The second kappa shape index (κ2) is 11.0. The van der Waals surface area contributed by atoms with Crippen molar-refractivity contribution >= 4 is 55.6 Å². The number of amides is 2. The molecule has 0 saturated heterocycles. The van der Waals surface area contributed by atoms with Crippen molar-refractivity contribution in [1.82, 2.24) is 5.43 Å². The van der Waals surface area contributed by atoms with Gasteiger partial charge in [-0.2, -0.15) is 5.10 Å². The van der Waals surface area contributed by atoms with Gasteiger partial charge in [0.2, 0.25) is 5.91 Å². The van der Waals surface area contributed by atoms with Gasteiger partial charge in [0, 0.05) is 4.47 Å². The fourth-order valence-electron chi connectivity index (χ4n) is 2.29. The van der Waals surface area contributed by atoms with Crippen LogP contribution in [0.1, 0.15) is 19.4 Å². The smallest absolute Gasteiger partial charge is 0.252 e. The van der Waals surface area contributed by atoms with Crippen LogP contribution in [0, 0.1) is 5.92 Å². The predicted molar refractivity (Wildman–Crippen MR) is 120 cm³/mol. The van der Waals surface area contributed by atoms with Crippen molar-refractivity contribution in [3.63, 3.8) is 0 Å². The lowest BCUT2D eigenvalue weighted by Crippen LogP contribution is -2.34. The highest BCUT2D eigenvalue weighted by atomic mass is 79.9. The minimum absolute atomic E-state index is 0.435. The van der Waals surface area contributed by atoms with E-state index in [9.17, 15) is 9.59 Å². The summed E-state index contributed by atoms with van der Waals surface area (Å²) in [6, 6.07) is 10.7. The van der Waals surface area contributed by atoms with Crippen LogP contribution in [0.15, 0.2) is 50.4 Å². The first-order chi connectivity index (χ1) is 13.9. The monoisotopic (exact) mass is 525 g/mol. The van der Waals surface area contributed by atoms with Gasteiger partial charge in [-0.1, -0.05) is 12.1 Å². The van der Waals surface area contributed by atoms with Gasteiger partial charge in [-0.3, -0.25) is 9.59 Å². The van der Waals surface area contributed by atoms with Crippen LogP contribution >= 0.6 is 31.9 Å². The molecule has 0 aliphatic carbocycles. The van der Waals surface area contributed by atoms with Gasteiger partial charge in [0.05, 0.1) is 30.1 Å². The number of ether oxygens (including phenoxy) is 2. The summed E-state index contributed by atoms with van der Waals surface area (Å²) in [5, 5.41) is 6.64. The summed E-state index contributed by atoms with van der Waals surface area (Å²) in [6.45, 7) is 3.88. The number of para-hydroxylation sites is 1. The molecule has 0 spiro atoms. The number of nitrogens with one attached hydrogen (secondary N) is 2. The summed E-state index contributed by atoms with van der Waals surface area (Å²) in [4.78, 5) is 24.5. The first-order valence-electron chi connectivity index (χ1n) is 8.76. The van der Waals surface area contributed by atoms with Gasteiger partial charge in [-0.05, 0) is 75.5 Å². The molecule has 9 heteroatoms. The van der Waals surface area contributed by atoms with Crippen molar-refractivity contribution < 1.29 is 19.1 Å². The number of carbonyl (C=O) groups excluding carboxylic acids is 2. The number of carbonyl (C=O) groups is 2. The molecule has 0 radical (unpaired) electrons. The van der Waals surface area contributed by atoms with Crippen LogP contribution in [-0.4, -0.2) is 31.7 Å². The zero-order valence-corrected chi connectivity index (χ0v) is 19.3. The van der Waals surface area contributed by atoms with Gasteiger partial charge in [-0.15, -0.1) is 0 Å². The van der Waals surface area contributed by atoms with E-state index in [2.05, 4.69) is 47.7 Å². The number of benzene rings is 2. The third-order valence-corrected chi connectivity index (χ3v) is 5.13. The molecule has 154 valence electrons. The number of hydrogen-bond acceptors (Lipinski definition) is 5. The van der Waals surface area contributed by atoms with Crippen LogP contribution < -0.4 is 20.2 Å². The highest BCUT2D eigenvalue weighted by Gasteiger charge is 2.21. The largest absolute Gasteiger partial charge is 0.493 e. The zero-order valence-electron chi connectivity index (χ0n) is 16.2. The van der Waals surface area contributed by atoms with E-state index in [1.807, 2.05) is 13.0 Å². The fourth-order valence-corrected chi connectivity index (χ4v) is 3.25. The molecule has 0 saturated carbocycles. The van der Waals surface area contributed by atoms with Crippen molar-refractivity contribution in [3.8, 4) is 11.5 Å². The van der Waals surface area contributed by atoms with E-state index in [-0.39, 0.29) is 0 Å². The average Bonchev–Trinajstić information content (AvgIpc) is 2.70. The molecule has 1 unspecified atom stereocenters. The number of anilines is 1. The van der Waals surface area contributed by atoms with E-state index in [1.165, 1.54) is 13.1 Å². The van der Waals surface area contributed by atoms with Gasteiger partial charge in [0.15, 0.2) is 11.5 Å². The van der Waals surface area contributed by atoms with Crippen LogP contribution in [-0.2, 0) is 9.59 Å². The Morgan fingerprint density at radius 1 is 1.17 bits per heavy atom. The number of halogens is 2. The number of rotatable bonds is 8. The van der Waals surface area contributed by atoms with Crippen molar-refractivity contribution in [2.45, 2.75) is 13.8 Å². The van der Waals surface area contributed by atoms with Crippen molar-refractivity contribution in [3.05, 3.63) is 50.9 Å². The molecule has 2 aromatic rings. The SMILES string of the molecule is CCOc1c(Br)cc(C=NNC(=O)C(C)C(=O)Nc2ccccc2Br)cc1OC. The lowest BCUT2D eigenvalue weighted by molar-refractivity contribution is -0.131. The minimum Gasteiger partial charge on any atom is -0.493 e. The maximum Gasteiger partial charge on any atom is 0.252 e. The van der Waals surface area contributed by atoms with Crippen LogP contribution in [0.25, 0.3) is 0 Å². The molecule has 1 atom stereocenters. The molecule has 0 heterocycles. The summed E-state index contributed by atoms with van der Waals surface area (Å²) < 4.78 is 12.3. The Balaban J connectivity index is 2.00. The highest BCUT2D eigenvalue weighted by Crippen LogP contribution is 2.36. The summed E-state index contributed by atoms with van der Waals surface area (Å²) >= 11 is 6.78. The Hall–Kier alpha value is -2.39. The number of nitrogens with zero attached hydrogens (tertiary/aromatic N) is 1. The van der Waals surface area contributed by atoms with Gasteiger partial charge in [0.1, 0.15) is 5.92 Å². The molecule has 0 aromatic heterocycles. The summed E-state index contributed by atoms with van der Waals surface area (Å²) in [7, 11) is 1.54. The molecule has 29 heavy (non-hydrogen) atoms. The molecule has 0 aliphatic rings. The molecule has 0 fully saturated rings. The third-order valence-electron chi connectivity index (χ3n) is 3.85. The molecule has 2 N–H and O–H groups in total. The first kappa shape index (κ1) is 22.9.